The fourth-order valence-corrected chi connectivity index (χ4v) is 1.80. The van der Waals surface area contributed by atoms with Crippen molar-refractivity contribution in [1.29, 1.82) is 5.26 Å². The van der Waals surface area contributed by atoms with Crippen molar-refractivity contribution in [3.05, 3.63) is 45.8 Å². The molecule has 1 aliphatic carbocycles. The average Bonchev–Trinajstić information content (AvgIpc) is 3.20. The Morgan fingerprint density at radius 1 is 1.44 bits per heavy atom. The van der Waals surface area contributed by atoms with Gasteiger partial charge in [-0.25, -0.2) is 0 Å². The molecule has 1 fully saturated rings. The molecule has 0 aliphatic heterocycles. The van der Waals surface area contributed by atoms with Crippen LogP contribution in [0, 0.1) is 23.2 Å². The van der Waals surface area contributed by atoms with Crippen LogP contribution in [0.3, 0.4) is 0 Å². The Kier molecular flexibility index (Phi) is 3.53. The Morgan fingerprint density at radius 2 is 2.28 bits per heavy atom. The molecule has 2 rings (SSSR count). The van der Waals surface area contributed by atoms with Gasteiger partial charge < -0.3 is 0 Å². The lowest BCUT2D eigenvalue weighted by Crippen LogP contribution is -2.02. The molecule has 0 unspecified atom stereocenters. The van der Waals surface area contributed by atoms with E-state index in [-0.39, 0.29) is 5.41 Å². The van der Waals surface area contributed by atoms with Crippen molar-refractivity contribution in [2.45, 2.75) is 24.7 Å². The average molecular weight is 236 g/mol. The van der Waals surface area contributed by atoms with Gasteiger partial charge in [-0.1, -0.05) is 29.1 Å². The van der Waals surface area contributed by atoms with Gasteiger partial charge in [0.1, 0.15) is 0 Å². The number of hydrogen-bond donors (Lipinski definition) is 0. The fraction of sp³-hybridized carbons (Fsp3) is 0.357. The van der Waals surface area contributed by atoms with Crippen molar-refractivity contribution in [3.63, 3.8) is 0 Å². The molecular weight excluding hydrogens is 224 g/mol. The first-order valence-electron chi connectivity index (χ1n) is 5.82. The highest BCUT2D eigenvalue weighted by molar-refractivity contribution is 5.45. The van der Waals surface area contributed by atoms with Crippen LogP contribution in [-0.4, -0.2) is 6.54 Å². The van der Waals surface area contributed by atoms with Crippen molar-refractivity contribution >= 4 is 0 Å². The van der Waals surface area contributed by atoms with Crippen LogP contribution in [0.5, 0.6) is 0 Å². The topological polar surface area (TPSA) is 72.5 Å². The van der Waals surface area contributed by atoms with Gasteiger partial charge in [-0.2, -0.15) is 5.26 Å². The van der Waals surface area contributed by atoms with Crippen molar-refractivity contribution in [2.24, 2.45) is 5.11 Å². The molecule has 4 nitrogen and oxygen atoms in total. The highest BCUT2D eigenvalue weighted by Gasteiger charge is 2.44. The third kappa shape index (κ3) is 2.63. The maximum absolute atomic E-state index is 9.14. The number of hydrogen-bond acceptors (Lipinski definition) is 2. The van der Waals surface area contributed by atoms with E-state index in [4.69, 9.17) is 10.8 Å². The molecule has 0 radical (unpaired) electrons. The van der Waals surface area contributed by atoms with Crippen molar-refractivity contribution in [1.82, 2.24) is 0 Å². The predicted molar refractivity (Wildman–Crippen MR) is 68.5 cm³/mol. The van der Waals surface area contributed by atoms with Gasteiger partial charge in [0.15, 0.2) is 0 Å². The Morgan fingerprint density at radius 3 is 2.94 bits per heavy atom. The number of nitriles is 1. The van der Waals surface area contributed by atoms with Crippen LogP contribution in [0.15, 0.2) is 29.4 Å². The van der Waals surface area contributed by atoms with Crippen LogP contribution in [0.2, 0.25) is 0 Å². The number of azide groups is 1. The smallest absolute Gasteiger partial charge is 0.0824 e. The predicted octanol–water partition coefficient (Wildman–Crippen LogP) is 3.29. The summed E-state index contributed by atoms with van der Waals surface area (Å²) in [4.78, 5) is 2.67. The minimum atomic E-state index is -0.261. The van der Waals surface area contributed by atoms with Crippen LogP contribution < -0.4 is 0 Å². The standard InChI is InChI=1S/C14H12N4/c15-11-14(7-8-14)13-6-3-5-12(10-13)4-1-2-9-17-18-16/h3,5-6,10H,2,7-9H2. The van der Waals surface area contributed by atoms with Crippen LogP contribution in [-0.2, 0) is 5.41 Å². The van der Waals surface area contributed by atoms with Gasteiger partial charge in [-0.05, 0) is 36.1 Å². The molecular formula is C14H12N4. The number of nitrogens with zero attached hydrogens (tertiary/aromatic N) is 4. The Labute approximate surface area is 106 Å². The zero-order valence-corrected chi connectivity index (χ0v) is 9.93. The van der Waals surface area contributed by atoms with Gasteiger partial charge in [0, 0.05) is 23.4 Å². The minimum absolute atomic E-state index is 0.261. The largest absolute Gasteiger partial charge is 0.197 e. The molecule has 1 aromatic carbocycles. The van der Waals surface area contributed by atoms with Gasteiger partial charge in [0.05, 0.1) is 11.5 Å². The second kappa shape index (κ2) is 5.27. The molecule has 0 aromatic heterocycles. The summed E-state index contributed by atoms with van der Waals surface area (Å²) < 4.78 is 0. The number of benzene rings is 1. The highest BCUT2D eigenvalue weighted by atomic mass is 15.1. The maximum Gasteiger partial charge on any atom is 0.0824 e. The van der Waals surface area contributed by atoms with E-state index in [1.54, 1.807) is 0 Å². The Balaban J connectivity index is 2.09. The second-order valence-electron chi connectivity index (χ2n) is 4.28. The van der Waals surface area contributed by atoms with Crippen LogP contribution >= 0.6 is 0 Å². The summed E-state index contributed by atoms with van der Waals surface area (Å²) in [5.74, 6) is 5.98. The van der Waals surface area contributed by atoms with E-state index in [1.807, 2.05) is 24.3 Å². The first-order valence-corrected chi connectivity index (χ1v) is 5.82. The van der Waals surface area contributed by atoms with E-state index in [1.165, 1.54) is 0 Å². The van der Waals surface area contributed by atoms with Crippen LogP contribution in [0.25, 0.3) is 10.4 Å². The summed E-state index contributed by atoms with van der Waals surface area (Å²) in [6, 6.07) is 10.2. The normalized spacial score (nSPS) is 14.6. The fourth-order valence-electron chi connectivity index (χ4n) is 1.80. The highest BCUT2D eigenvalue weighted by Crippen LogP contribution is 2.47. The van der Waals surface area contributed by atoms with Crippen LogP contribution in [0.1, 0.15) is 30.4 Å². The summed E-state index contributed by atoms with van der Waals surface area (Å²) in [5.41, 5.74) is 9.83. The summed E-state index contributed by atoms with van der Waals surface area (Å²) >= 11 is 0. The molecule has 88 valence electrons. The lowest BCUT2D eigenvalue weighted by atomic mass is 9.96. The third-order valence-electron chi connectivity index (χ3n) is 3.01. The molecule has 0 atom stereocenters. The Hall–Kier alpha value is -2.42. The van der Waals surface area contributed by atoms with E-state index in [0.29, 0.717) is 13.0 Å². The molecule has 18 heavy (non-hydrogen) atoms. The third-order valence-corrected chi connectivity index (χ3v) is 3.01. The van der Waals surface area contributed by atoms with Gasteiger partial charge in [-0.15, -0.1) is 0 Å². The van der Waals surface area contributed by atoms with Gasteiger partial charge in [0.2, 0.25) is 0 Å². The van der Waals surface area contributed by atoms with Gasteiger partial charge >= 0.3 is 0 Å². The van der Waals surface area contributed by atoms with Crippen molar-refractivity contribution in [3.8, 4) is 17.9 Å². The second-order valence-corrected chi connectivity index (χ2v) is 4.28. The van der Waals surface area contributed by atoms with Crippen LogP contribution in [0.4, 0.5) is 0 Å². The minimum Gasteiger partial charge on any atom is -0.197 e. The quantitative estimate of drug-likeness (QED) is 0.261. The SMILES string of the molecule is N#CC1(c2cccc(C#CCCN=[N+]=[N-])c2)CC1. The zero-order chi connectivity index (χ0) is 12.8. The zero-order valence-electron chi connectivity index (χ0n) is 9.93. The van der Waals surface area contributed by atoms with Crippen molar-refractivity contribution < 1.29 is 0 Å². The molecule has 0 N–H and O–H groups in total. The first kappa shape index (κ1) is 12.0. The molecule has 1 aromatic rings. The van der Waals surface area contributed by atoms with E-state index in [9.17, 15) is 0 Å². The van der Waals surface area contributed by atoms with E-state index in [0.717, 1.165) is 24.0 Å². The van der Waals surface area contributed by atoms with Gasteiger partial charge in [-0.3, -0.25) is 0 Å². The van der Waals surface area contributed by atoms with E-state index >= 15 is 0 Å². The molecule has 0 spiro atoms. The summed E-state index contributed by atoms with van der Waals surface area (Å²) in [6.07, 6.45) is 2.44. The molecule has 1 aliphatic rings. The first-order chi connectivity index (χ1) is 8.80. The molecule has 1 saturated carbocycles. The van der Waals surface area contributed by atoms with E-state index < -0.39 is 0 Å². The molecule has 0 heterocycles. The van der Waals surface area contributed by atoms with Gasteiger partial charge in [0.25, 0.3) is 0 Å². The monoisotopic (exact) mass is 236 g/mol. The maximum atomic E-state index is 9.14. The molecule has 4 heteroatoms. The summed E-state index contributed by atoms with van der Waals surface area (Å²) in [5, 5.41) is 12.6. The Bertz CT molecular complexity index is 590. The van der Waals surface area contributed by atoms with E-state index in [2.05, 4.69) is 27.9 Å². The lowest BCUT2D eigenvalue weighted by Gasteiger charge is -2.05. The summed E-state index contributed by atoms with van der Waals surface area (Å²) in [7, 11) is 0. The molecule has 0 saturated heterocycles. The number of rotatable bonds is 3. The summed E-state index contributed by atoms with van der Waals surface area (Å²) in [6.45, 7) is 0.394. The molecule has 0 bridgehead atoms. The molecule has 0 amide bonds. The lowest BCUT2D eigenvalue weighted by molar-refractivity contribution is 0.908. The van der Waals surface area contributed by atoms with Crippen molar-refractivity contribution in [2.75, 3.05) is 6.54 Å².